The Bertz CT molecular complexity index is 3750. The summed E-state index contributed by atoms with van der Waals surface area (Å²) in [5.74, 6) is 0. The van der Waals surface area contributed by atoms with Crippen LogP contribution in [-0.4, -0.2) is 9.13 Å². The zero-order valence-corrected chi connectivity index (χ0v) is 35.2. The van der Waals surface area contributed by atoms with E-state index in [9.17, 15) is 0 Å². The second kappa shape index (κ2) is 14.7. The lowest BCUT2D eigenvalue weighted by Crippen LogP contribution is -1.96. The molecule has 2 nitrogen and oxygen atoms in total. The number of para-hydroxylation sites is 2. The minimum Gasteiger partial charge on any atom is -0.309 e. The second-order valence-electron chi connectivity index (χ2n) is 17.1. The molecule has 0 unspecified atom stereocenters. The molecule has 0 aliphatic heterocycles. The highest BCUT2D eigenvalue weighted by Crippen LogP contribution is 2.44. The van der Waals surface area contributed by atoms with E-state index in [-0.39, 0.29) is 0 Å². The zero-order chi connectivity index (χ0) is 42.1. The zero-order valence-electron chi connectivity index (χ0n) is 35.2. The van der Waals surface area contributed by atoms with E-state index in [4.69, 9.17) is 0 Å². The van der Waals surface area contributed by atoms with Crippen molar-refractivity contribution < 1.29 is 0 Å². The fourth-order valence-corrected chi connectivity index (χ4v) is 10.7. The van der Waals surface area contributed by atoms with Gasteiger partial charge in [-0.15, -0.1) is 0 Å². The van der Waals surface area contributed by atoms with Crippen LogP contribution in [0.4, 0.5) is 0 Å². The SMILES string of the molecule is C1=CCCC(c2c3ccccc3c(-c3ccc(-n4c5ccc(-c6ccccc6)cc5c5cc(-c6ccc(-n7c8ccccc8c8ccccc87)cc6)ccc54)cc3)c3ccccc23)=C1. The molecule has 1 aliphatic rings. The first-order valence-electron chi connectivity index (χ1n) is 22.4. The molecule has 13 rings (SSSR count). The van der Waals surface area contributed by atoms with Crippen molar-refractivity contribution in [1.29, 1.82) is 0 Å². The maximum absolute atomic E-state index is 2.45. The first-order chi connectivity index (χ1) is 31.8. The molecule has 12 aromatic rings. The third-order valence-corrected chi connectivity index (χ3v) is 13.6. The lowest BCUT2D eigenvalue weighted by molar-refractivity contribution is 1.06. The Kier molecular flexibility index (Phi) is 8.39. The fraction of sp³-hybridized carbons (Fsp3) is 0.0323. The molecule has 0 fully saturated rings. The van der Waals surface area contributed by atoms with Crippen LogP contribution in [0.25, 0.3) is 115 Å². The molecule has 0 saturated heterocycles. The Labute approximate surface area is 371 Å². The van der Waals surface area contributed by atoms with Crippen LogP contribution in [0.3, 0.4) is 0 Å². The third kappa shape index (κ3) is 5.73. The summed E-state index contributed by atoms with van der Waals surface area (Å²) in [5, 5.41) is 10.2. The molecule has 2 heteroatoms. The van der Waals surface area contributed by atoms with E-state index in [1.54, 1.807) is 0 Å². The fourth-order valence-electron chi connectivity index (χ4n) is 10.7. The van der Waals surface area contributed by atoms with Crippen LogP contribution in [-0.2, 0) is 0 Å². The minimum atomic E-state index is 1.06. The van der Waals surface area contributed by atoms with Crippen LogP contribution in [0.2, 0.25) is 0 Å². The molecule has 1 aliphatic carbocycles. The molecular formula is C62H42N2. The van der Waals surface area contributed by atoms with Gasteiger partial charge in [-0.25, -0.2) is 0 Å². The minimum absolute atomic E-state index is 1.06. The molecule has 2 aromatic heterocycles. The molecule has 0 saturated carbocycles. The highest BCUT2D eigenvalue weighted by Gasteiger charge is 2.20. The summed E-state index contributed by atoms with van der Waals surface area (Å²) in [6.45, 7) is 0. The smallest absolute Gasteiger partial charge is 0.0541 e. The number of nitrogens with zero attached hydrogens (tertiary/aromatic N) is 2. The number of hydrogen-bond acceptors (Lipinski definition) is 0. The summed E-state index contributed by atoms with van der Waals surface area (Å²) in [7, 11) is 0. The number of rotatable bonds is 6. The van der Waals surface area contributed by atoms with E-state index in [0.717, 1.165) is 24.2 Å². The standard InChI is InChI=1S/C62H42N2/c1-3-15-41(16-4-1)45-31-37-59-55(39-45)56-40-46(42-27-33-47(34-28-42)63-57-25-13-11-19-49(57)50-20-12-14-26-58(50)63)32-38-60(56)64(59)48-35-29-44(30-36-48)62-53-23-9-7-21-51(53)61(43-17-5-2-6-18-43)52-22-8-10-24-54(52)62/h1-5,7-17,19-40H,6,18H2. The summed E-state index contributed by atoms with van der Waals surface area (Å²) in [6, 6.07) is 78.4. The lowest BCUT2D eigenvalue weighted by atomic mass is 9.84. The van der Waals surface area contributed by atoms with Gasteiger partial charge < -0.3 is 9.13 Å². The average molecular weight is 815 g/mol. The van der Waals surface area contributed by atoms with Crippen molar-refractivity contribution in [3.63, 3.8) is 0 Å². The number of fused-ring (bicyclic) bond motifs is 8. The quantitative estimate of drug-likeness (QED) is 0.148. The van der Waals surface area contributed by atoms with Crippen LogP contribution in [0.1, 0.15) is 18.4 Å². The molecular weight excluding hydrogens is 773 g/mol. The van der Waals surface area contributed by atoms with Gasteiger partial charge in [0.2, 0.25) is 0 Å². The van der Waals surface area contributed by atoms with E-state index in [0.29, 0.717) is 0 Å². The largest absolute Gasteiger partial charge is 0.309 e. The number of hydrogen-bond donors (Lipinski definition) is 0. The van der Waals surface area contributed by atoms with Gasteiger partial charge in [-0.1, -0.05) is 170 Å². The van der Waals surface area contributed by atoms with Crippen LogP contribution >= 0.6 is 0 Å². The predicted molar refractivity (Wildman–Crippen MR) is 273 cm³/mol. The topological polar surface area (TPSA) is 9.86 Å². The van der Waals surface area contributed by atoms with Crippen molar-refractivity contribution in [1.82, 2.24) is 9.13 Å². The van der Waals surface area contributed by atoms with Gasteiger partial charge in [-0.3, -0.25) is 0 Å². The Hall–Kier alpha value is -8.20. The van der Waals surface area contributed by atoms with Gasteiger partial charge in [0.15, 0.2) is 0 Å². The average Bonchev–Trinajstić information content (AvgIpc) is 3.88. The Morgan fingerprint density at radius 2 is 0.703 bits per heavy atom. The molecule has 64 heavy (non-hydrogen) atoms. The molecule has 2 heterocycles. The lowest BCUT2D eigenvalue weighted by Gasteiger charge is -2.20. The first kappa shape index (κ1) is 36.5. The molecule has 0 amide bonds. The van der Waals surface area contributed by atoms with Crippen molar-refractivity contribution in [2.45, 2.75) is 12.8 Å². The van der Waals surface area contributed by atoms with Crippen LogP contribution in [0.15, 0.2) is 231 Å². The van der Waals surface area contributed by atoms with Crippen molar-refractivity contribution in [3.8, 4) is 44.8 Å². The van der Waals surface area contributed by atoms with Gasteiger partial charge in [-0.05, 0) is 140 Å². The van der Waals surface area contributed by atoms with Crippen LogP contribution in [0, 0.1) is 0 Å². The van der Waals surface area contributed by atoms with E-state index in [2.05, 4.69) is 240 Å². The Balaban J connectivity index is 0.947. The predicted octanol–water partition coefficient (Wildman–Crippen LogP) is 16.9. The highest BCUT2D eigenvalue weighted by molar-refractivity contribution is 6.19. The first-order valence-corrected chi connectivity index (χ1v) is 22.4. The maximum atomic E-state index is 2.45. The molecule has 0 spiro atoms. The normalized spacial score (nSPS) is 12.9. The van der Waals surface area contributed by atoms with Crippen LogP contribution < -0.4 is 0 Å². The van der Waals surface area contributed by atoms with Crippen molar-refractivity contribution in [2.75, 3.05) is 0 Å². The molecule has 0 bridgehead atoms. The number of aromatic nitrogens is 2. The Morgan fingerprint density at radius 1 is 0.297 bits per heavy atom. The molecule has 300 valence electrons. The Morgan fingerprint density at radius 3 is 1.20 bits per heavy atom. The molecule has 10 aromatic carbocycles. The van der Waals surface area contributed by atoms with Crippen molar-refractivity contribution in [3.05, 3.63) is 236 Å². The third-order valence-electron chi connectivity index (χ3n) is 13.6. The summed E-state index contributed by atoms with van der Waals surface area (Å²) in [6.07, 6.45) is 8.94. The van der Waals surface area contributed by atoms with Crippen LogP contribution in [0.5, 0.6) is 0 Å². The van der Waals surface area contributed by atoms with E-state index in [1.165, 1.54) is 110 Å². The van der Waals surface area contributed by atoms with Gasteiger partial charge in [0.05, 0.1) is 22.1 Å². The second-order valence-corrected chi connectivity index (χ2v) is 17.1. The van der Waals surface area contributed by atoms with Gasteiger partial charge in [0.1, 0.15) is 0 Å². The van der Waals surface area contributed by atoms with Crippen molar-refractivity contribution >= 4 is 70.7 Å². The van der Waals surface area contributed by atoms with E-state index in [1.807, 2.05) is 0 Å². The number of benzene rings is 10. The van der Waals surface area contributed by atoms with Crippen molar-refractivity contribution in [2.24, 2.45) is 0 Å². The maximum Gasteiger partial charge on any atom is 0.0541 e. The van der Waals surface area contributed by atoms with Gasteiger partial charge >= 0.3 is 0 Å². The van der Waals surface area contributed by atoms with Gasteiger partial charge in [0, 0.05) is 32.9 Å². The summed E-state index contributed by atoms with van der Waals surface area (Å²) < 4.78 is 4.83. The molecule has 0 radical (unpaired) electrons. The molecule has 0 atom stereocenters. The monoisotopic (exact) mass is 814 g/mol. The highest BCUT2D eigenvalue weighted by atomic mass is 15.0. The van der Waals surface area contributed by atoms with Gasteiger partial charge in [-0.2, -0.15) is 0 Å². The van der Waals surface area contributed by atoms with E-state index < -0.39 is 0 Å². The molecule has 0 N–H and O–H groups in total. The summed E-state index contributed by atoms with van der Waals surface area (Å²) in [5.41, 5.74) is 17.2. The summed E-state index contributed by atoms with van der Waals surface area (Å²) in [4.78, 5) is 0. The number of allylic oxidation sites excluding steroid dienone is 4. The van der Waals surface area contributed by atoms with Gasteiger partial charge in [0.25, 0.3) is 0 Å². The van der Waals surface area contributed by atoms with E-state index >= 15 is 0 Å². The summed E-state index contributed by atoms with van der Waals surface area (Å²) >= 11 is 0.